The van der Waals surface area contributed by atoms with E-state index in [0.717, 1.165) is 64.2 Å². The smallest absolute Gasteiger partial charge is 0.306 e. The number of rotatable bonds is 39. The van der Waals surface area contributed by atoms with E-state index in [-0.39, 0.29) is 31.1 Å². The molecule has 6 nitrogen and oxygen atoms in total. The first-order valence-corrected chi connectivity index (χ1v) is 21.5. The molecule has 0 aliphatic carbocycles. The van der Waals surface area contributed by atoms with Crippen molar-refractivity contribution in [2.24, 2.45) is 0 Å². The summed E-state index contributed by atoms with van der Waals surface area (Å²) in [5, 5.41) is 0. The van der Waals surface area contributed by atoms with E-state index < -0.39 is 6.10 Å². The lowest BCUT2D eigenvalue weighted by molar-refractivity contribution is -0.167. The fourth-order valence-electron chi connectivity index (χ4n) is 6.32. The molecule has 0 spiro atoms. The molecule has 1 atom stereocenters. The summed E-state index contributed by atoms with van der Waals surface area (Å²) < 4.78 is 16.5. The lowest BCUT2D eigenvalue weighted by atomic mass is 10.0. The molecule has 0 aromatic carbocycles. The van der Waals surface area contributed by atoms with Gasteiger partial charge >= 0.3 is 17.9 Å². The van der Waals surface area contributed by atoms with Gasteiger partial charge in [0.1, 0.15) is 13.2 Å². The van der Waals surface area contributed by atoms with Crippen molar-refractivity contribution in [3.05, 3.63) is 0 Å². The maximum absolute atomic E-state index is 12.5. The Morgan fingerprint density at radius 2 is 0.551 bits per heavy atom. The van der Waals surface area contributed by atoms with Gasteiger partial charge in [-0.2, -0.15) is 0 Å². The number of hydrogen-bond acceptors (Lipinski definition) is 6. The Balaban J connectivity index is 4.03. The molecule has 0 unspecified atom stereocenters. The molecular weight excluding hydrogens is 612 g/mol. The first-order chi connectivity index (χ1) is 24.0. The second-order valence-electron chi connectivity index (χ2n) is 14.6. The molecular formula is C43H82O6. The molecule has 0 amide bonds. The monoisotopic (exact) mass is 695 g/mol. The van der Waals surface area contributed by atoms with E-state index in [4.69, 9.17) is 14.2 Å². The largest absolute Gasteiger partial charge is 0.462 e. The number of carbonyl (C=O) groups excluding carboxylic acids is 3. The molecule has 0 bridgehead atoms. The third-order valence-corrected chi connectivity index (χ3v) is 9.61. The molecule has 0 saturated carbocycles. The van der Waals surface area contributed by atoms with Crippen molar-refractivity contribution in [1.29, 1.82) is 0 Å². The lowest BCUT2D eigenvalue weighted by Crippen LogP contribution is -2.30. The van der Waals surface area contributed by atoms with Crippen LogP contribution < -0.4 is 0 Å². The van der Waals surface area contributed by atoms with Crippen molar-refractivity contribution < 1.29 is 28.6 Å². The van der Waals surface area contributed by atoms with Crippen molar-refractivity contribution in [1.82, 2.24) is 0 Å². The molecule has 0 heterocycles. The molecule has 6 heteroatoms. The predicted octanol–water partition coefficient (Wildman–Crippen LogP) is 13.3. The van der Waals surface area contributed by atoms with Gasteiger partial charge in [-0.1, -0.05) is 201 Å². The summed E-state index contributed by atoms with van der Waals surface area (Å²) in [6.07, 6.45) is 38.5. The summed E-state index contributed by atoms with van der Waals surface area (Å²) >= 11 is 0. The van der Waals surface area contributed by atoms with Gasteiger partial charge in [0.25, 0.3) is 0 Å². The lowest BCUT2D eigenvalue weighted by Gasteiger charge is -2.18. The fraction of sp³-hybridized carbons (Fsp3) is 0.930. The van der Waals surface area contributed by atoms with Crippen LogP contribution in [0.4, 0.5) is 0 Å². The second kappa shape index (κ2) is 39.2. The SMILES string of the molecule is CCCCCCCCCCCCCCCCCCCCCC(=O)OC[C@H](COC(=O)CCCCCCC)OC(=O)CCCCCCCCC. The zero-order chi connectivity index (χ0) is 35.9. The quantitative estimate of drug-likeness (QED) is 0.0362. The Morgan fingerprint density at radius 3 is 0.816 bits per heavy atom. The highest BCUT2D eigenvalue weighted by atomic mass is 16.6. The van der Waals surface area contributed by atoms with Crippen LogP contribution in [-0.4, -0.2) is 37.2 Å². The van der Waals surface area contributed by atoms with Crippen LogP contribution in [-0.2, 0) is 28.6 Å². The minimum atomic E-state index is -0.754. The van der Waals surface area contributed by atoms with Gasteiger partial charge in [-0.15, -0.1) is 0 Å². The summed E-state index contributed by atoms with van der Waals surface area (Å²) in [5.41, 5.74) is 0. The van der Waals surface area contributed by atoms with E-state index in [2.05, 4.69) is 20.8 Å². The Bertz CT molecular complexity index is 723. The summed E-state index contributed by atoms with van der Waals surface area (Å²) in [7, 11) is 0. The molecule has 0 aromatic heterocycles. The van der Waals surface area contributed by atoms with Crippen molar-refractivity contribution >= 4 is 17.9 Å². The van der Waals surface area contributed by atoms with Gasteiger partial charge in [0, 0.05) is 19.3 Å². The Kier molecular flexibility index (Phi) is 37.9. The van der Waals surface area contributed by atoms with E-state index in [1.165, 1.54) is 135 Å². The zero-order valence-electron chi connectivity index (χ0n) is 33.0. The second-order valence-corrected chi connectivity index (χ2v) is 14.6. The molecule has 0 aromatic rings. The molecule has 0 N–H and O–H groups in total. The standard InChI is InChI=1S/C43H82O6/c1-4-7-10-13-15-16-17-18-19-20-21-22-23-24-25-26-28-30-33-36-42(45)48-39-40(38-47-41(44)35-32-29-12-9-6-3)49-43(46)37-34-31-27-14-11-8-5-2/h40H,4-39H2,1-3H3/t40-/m0/s1. The Morgan fingerprint density at radius 1 is 0.327 bits per heavy atom. The van der Waals surface area contributed by atoms with E-state index in [9.17, 15) is 14.4 Å². The first-order valence-electron chi connectivity index (χ1n) is 21.5. The average Bonchev–Trinajstić information content (AvgIpc) is 3.09. The highest BCUT2D eigenvalue weighted by Crippen LogP contribution is 2.16. The van der Waals surface area contributed by atoms with Crippen molar-refractivity contribution in [2.45, 2.75) is 245 Å². The average molecular weight is 695 g/mol. The van der Waals surface area contributed by atoms with E-state index >= 15 is 0 Å². The van der Waals surface area contributed by atoms with E-state index in [0.29, 0.717) is 19.3 Å². The summed E-state index contributed by atoms with van der Waals surface area (Å²) in [6, 6.07) is 0. The van der Waals surface area contributed by atoms with E-state index in [1.807, 2.05) is 0 Å². The summed E-state index contributed by atoms with van der Waals surface area (Å²) in [5.74, 6) is -0.878. The molecule has 0 radical (unpaired) electrons. The van der Waals surface area contributed by atoms with Crippen LogP contribution in [0.3, 0.4) is 0 Å². The fourth-order valence-corrected chi connectivity index (χ4v) is 6.32. The molecule has 49 heavy (non-hydrogen) atoms. The molecule has 0 aliphatic rings. The van der Waals surface area contributed by atoms with Gasteiger partial charge in [0.15, 0.2) is 6.10 Å². The molecule has 0 fully saturated rings. The minimum Gasteiger partial charge on any atom is -0.462 e. The van der Waals surface area contributed by atoms with Gasteiger partial charge in [0.2, 0.25) is 0 Å². The maximum Gasteiger partial charge on any atom is 0.306 e. The summed E-state index contributed by atoms with van der Waals surface area (Å²) in [6.45, 7) is 6.52. The van der Waals surface area contributed by atoms with Crippen LogP contribution in [0.1, 0.15) is 239 Å². The minimum absolute atomic E-state index is 0.0650. The van der Waals surface area contributed by atoms with Gasteiger partial charge in [-0.25, -0.2) is 0 Å². The van der Waals surface area contributed by atoms with Crippen LogP contribution in [0.2, 0.25) is 0 Å². The van der Waals surface area contributed by atoms with Crippen LogP contribution in [0.25, 0.3) is 0 Å². The van der Waals surface area contributed by atoms with Crippen molar-refractivity contribution in [3.8, 4) is 0 Å². The van der Waals surface area contributed by atoms with Crippen molar-refractivity contribution in [3.63, 3.8) is 0 Å². The molecule has 0 saturated heterocycles. The third-order valence-electron chi connectivity index (χ3n) is 9.61. The highest BCUT2D eigenvalue weighted by Gasteiger charge is 2.19. The first kappa shape index (κ1) is 47.4. The van der Waals surface area contributed by atoms with Crippen LogP contribution in [0.15, 0.2) is 0 Å². The zero-order valence-corrected chi connectivity index (χ0v) is 33.0. The number of ether oxygens (including phenoxy) is 3. The Labute approximate surface area is 304 Å². The van der Waals surface area contributed by atoms with Gasteiger partial charge in [-0.05, 0) is 19.3 Å². The van der Waals surface area contributed by atoms with Gasteiger partial charge in [0.05, 0.1) is 0 Å². The molecule has 0 rings (SSSR count). The highest BCUT2D eigenvalue weighted by molar-refractivity contribution is 5.71. The number of unbranched alkanes of at least 4 members (excludes halogenated alkanes) is 28. The summed E-state index contributed by atoms with van der Waals surface area (Å²) in [4.78, 5) is 37.2. The normalized spacial score (nSPS) is 11.8. The Hall–Kier alpha value is -1.59. The topological polar surface area (TPSA) is 78.9 Å². The predicted molar refractivity (Wildman–Crippen MR) is 206 cm³/mol. The van der Waals surface area contributed by atoms with Crippen molar-refractivity contribution in [2.75, 3.05) is 13.2 Å². The maximum atomic E-state index is 12.5. The number of carbonyl (C=O) groups is 3. The van der Waals surface area contributed by atoms with Crippen LogP contribution in [0.5, 0.6) is 0 Å². The van der Waals surface area contributed by atoms with Gasteiger partial charge < -0.3 is 14.2 Å². The number of esters is 3. The molecule has 290 valence electrons. The number of hydrogen-bond donors (Lipinski definition) is 0. The third kappa shape index (κ3) is 37.5. The molecule has 0 aliphatic heterocycles. The van der Waals surface area contributed by atoms with Gasteiger partial charge in [-0.3, -0.25) is 14.4 Å². The van der Waals surface area contributed by atoms with E-state index in [1.54, 1.807) is 0 Å². The van der Waals surface area contributed by atoms with Crippen LogP contribution >= 0.6 is 0 Å². The van der Waals surface area contributed by atoms with Crippen LogP contribution in [0, 0.1) is 0 Å².